The number of pyridine rings is 1. The van der Waals surface area contributed by atoms with Crippen molar-refractivity contribution in [3.63, 3.8) is 0 Å². The smallest absolute Gasteiger partial charge is 0.191 e. The molecule has 0 atom stereocenters. The Bertz CT molecular complexity index is 606. The first-order chi connectivity index (χ1) is 8.91. The van der Waals surface area contributed by atoms with Gasteiger partial charge in [0.1, 0.15) is 5.69 Å². The molecule has 0 fully saturated rings. The quantitative estimate of drug-likeness (QED) is 0.872. The minimum atomic E-state index is -0.686. The molecule has 2 N–H and O–H groups in total. The lowest BCUT2D eigenvalue weighted by Crippen LogP contribution is -2.29. The van der Waals surface area contributed by atoms with Crippen LogP contribution < -0.4 is 5.73 Å². The maximum absolute atomic E-state index is 12.5. The fourth-order valence-corrected chi connectivity index (χ4v) is 2.06. The molecule has 0 bridgehead atoms. The molecular weight excluding hydrogens is 260 g/mol. The Morgan fingerprint density at radius 2 is 2.00 bits per heavy atom. The minimum Gasteiger partial charge on any atom is -0.397 e. The molecule has 1 heterocycles. The molecule has 0 saturated heterocycles. The van der Waals surface area contributed by atoms with E-state index in [1.54, 1.807) is 24.3 Å². The Morgan fingerprint density at radius 3 is 2.58 bits per heavy atom. The number of rotatable bonds is 3. The van der Waals surface area contributed by atoms with E-state index in [2.05, 4.69) is 4.98 Å². The van der Waals surface area contributed by atoms with E-state index in [1.807, 2.05) is 26.0 Å². The van der Waals surface area contributed by atoms with Gasteiger partial charge in [0.15, 0.2) is 5.78 Å². The number of nitrogen functional groups attached to an aromatic ring is 1. The molecule has 1 aromatic heterocycles. The van der Waals surface area contributed by atoms with Crippen molar-refractivity contribution in [1.29, 1.82) is 0 Å². The fourth-order valence-electron chi connectivity index (χ4n) is 1.87. The van der Waals surface area contributed by atoms with Gasteiger partial charge in [-0.25, -0.2) is 0 Å². The van der Waals surface area contributed by atoms with Crippen molar-refractivity contribution >= 4 is 23.1 Å². The van der Waals surface area contributed by atoms with Crippen LogP contribution in [0.3, 0.4) is 0 Å². The predicted octanol–water partition coefficient (Wildman–Crippen LogP) is 3.48. The van der Waals surface area contributed by atoms with Gasteiger partial charge in [-0.05, 0) is 43.7 Å². The van der Waals surface area contributed by atoms with E-state index < -0.39 is 5.41 Å². The van der Waals surface area contributed by atoms with Crippen LogP contribution in [0.1, 0.15) is 29.9 Å². The summed E-state index contributed by atoms with van der Waals surface area (Å²) in [5, 5.41) is 0.614. The van der Waals surface area contributed by atoms with Crippen molar-refractivity contribution in [3.05, 3.63) is 58.9 Å². The lowest BCUT2D eigenvalue weighted by atomic mass is 9.79. The van der Waals surface area contributed by atoms with Crippen LogP contribution in [-0.2, 0) is 5.41 Å². The second-order valence-electron chi connectivity index (χ2n) is 4.94. The molecule has 0 aliphatic heterocycles. The van der Waals surface area contributed by atoms with Gasteiger partial charge in [-0.1, -0.05) is 23.7 Å². The number of aromatic nitrogens is 1. The highest BCUT2D eigenvalue weighted by atomic mass is 35.5. The Kier molecular flexibility index (Phi) is 3.58. The van der Waals surface area contributed by atoms with Crippen LogP contribution in [0.2, 0.25) is 5.02 Å². The van der Waals surface area contributed by atoms with Gasteiger partial charge in [0.25, 0.3) is 0 Å². The summed E-state index contributed by atoms with van der Waals surface area (Å²) in [5.41, 5.74) is 6.69. The predicted molar refractivity (Wildman–Crippen MR) is 77.5 cm³/mol. The molecule has 0 unspecified atom stereocenters. The number of halogens is 1. The Labute approximate surface area is 117 Å². The molecule has 2 rings (SSSR count). The van der Waals surface area contributed by atoms with Gasteiger partial charge in [-0.2, -0.15) is 0 Å². The van der Waals surface area contributed by atoms with Gasteiger partial charge in [0, 0.05) is 5.02 Å². The van der Waals surface area contributed by atoms with Crippen molar-refractivity contribution in [3.8, 4) is 0 Å². The summed E-state index contributed by atoms with van der Waals surface area (Å²) in [6.45, 7) is 3.72. The molecule has 0 aliphatic carbocycles. The van der Waals surface area contributed by atoms with Crippen LogP contribution >= 0.6 is 11.6 Å². The highest BCUT2D eigenvalue weighted by Gasteiger charge is 2.31. The van der Waals surface area contributed by atoms with E-state index >= 15 is 0 Å². The SMILES string of the molecule is CC(C)(C(=O)c1ccc(N)cn1)c1cccc(Cl)c1. The summed E-state index contributed by atoms with van der Waals surface area (Å²) in [6.07, 6.45) is 1.49. The molecule has 98 valence electrons. The number of benzene rings is 1. The molecule has 1 aromatic carbocycles. The number of nitrogens with two attached hydrogens (primary N) is 1. The van der Waals surface area contributed by atoms with Gasteiger partial charge in [-0.3, -0.25) is 9.78 Å². The summed E-state index contributed by atoms with van der Waals surface area (Å²) >= 11 is 5.98. The second kappa shape index (κ2) is 5.02. The maximum atomic E-state index is 12.5. The zero-order valence-corrected chi connectivity index (χ0v) is 11.6. The van der Waals surface area contributed by atoms with E-state index in [1.165, 1.54) is 6.20 Å². The normalized spacial score (nSPS) is 11.3. The van der Waals surface area contributed by atoms with Gasteiger partial charge >= 0.3 is 0 Å². The number of nitrogens with zero attached hydrogens (tertiary/aromatic N) is 1. The summed E-state index contributed by atoms with van der Waals surface area (Å²) in [6, 6.07) is 10.6. The number of anilines is 1. The molecule has 19 heavy (non-hydrogen) atoms. The monoisotopic (exact) mass is 274 g/mol. The van der Waals surface area contributed by atoms with Gasteiger partial charge in [0.05, 0.1) is 17.3 Å². The van der Waals surface area contributed by atoms with Crippen LogP contribution in [0.5, 0.6) is 0 Å². The topological polar surface area (TPSA) is 56.0 Å². The number of carbonyl (C=O) groups is 1. The zero-order valence-electron chi connectivity index (χ0n) is 10.9. The lowest BCUT2D eigenvalue weighted by Gasteiger charge is -2.23. The molecule has 0 amide bonds. The van der Waals surface area contributed by atoms with Crippen LogP contribution in [0.25, 0.3) is 0 Å². The molecule has 2 aromatic rings. The van der Waals surface area contributed by atoms with Crippen LogP contribution in [-0.4, -0.2) is 10.8 Å². The maximum Gasteiger partial charge on any atom is 0.191 e. The lowest BCUT2D eigenvalue weighted by molar-refractivity contribution is 0.0903. The van der Waals surface area contributed by atoms with Crippen molar-refractivity contribution < 1.29 is 4.79 Å². The second-order valence-corrected chi connectivity index (χ2v) is 5.38. The number of Topliss-reactive ketones (excluding diaryl/α,β-unsaturated/α-hetero) is 1. The van der Waals surface area contributed by atoms with Crippen molar-refractivity contribution in [1.82, 2.24) is 4.98 Å². The Morgan fingerprint density at radius 1 is 1.26 bits per heavy atom. The van der Waals surface area contributed by atoms with E-state index in [-0.39, 0.29) is 5.78 Å². The Hall–Kier alpha value is -1.87. The summed E-state index contributed by atoms with van der Waals surface area (Å²) in [4.78, 5) is 16.6. The van der Waals surface area contributed by atoms with Crippen LogP contribution in [0.15, 0.2) is 42.6 Å². The third-order valence-electron chi connectivity index (χ3n) is 3.13. The van der Waals surface area contributed by atoms with Crippen LogP contribution in [0.4, 0.5) is 5.69 Å². The van der Waals surface area contributed by atoms with E-state index in [0.717, 1.165) is 5.56 Å². The molecule has 0 aliphatic rings. The highest BCUT2D eigenvalue weighted by molar-refractivity contribution is 6.30. The summed E-state index contributed by atoms with van der Waals surface area (Å²) in [5.74, 6) is -0.0604. The largest absolute Gasteiger partial charge is 0.397 e. The molecule has 0 radical (unpaired) electrons. The van der Waals surface area contributed by atoms with E-state index in [0.29, 0.717) is 16.4 Å². The Balaban J connectivity index is 2.38. The molecule has 3 nitrogen and oxygen atoms in total. The van der Waals surface area contributed by atoms with Gasteiger partial charge in [-0.15, -0.1) is 0 Å². The number of hydrogen-bond donors (Lipinski definition) is 1. The molecular formula is C15H15ClN2O. The first-order valence-corrected chi connectivity index (χ1v) is 6.31. The number of carbonyl (C=O) groups excluding carboxylic acids is 1. The first kappa shape index (κ1) is 13.6. The molecule has 0 spiro atoms. The average Bonchev–Trinajstić information content (AvgIpc) is 2.39. The van der Waals surface area contributed by atoms with Crippen LogP contribution in [0, 0.1) is 0 Å². The van der Waals surface area contributed by atoms with Crippen molar-refractivity contribution in [2.45, 2.75) is 19.3 Å². The number of ketones is 1. The zero-order chi connectivity index (χ0) is 14.0. The van der Waals surface area contributed by atoms with E-state index in [9.17, 15) is 4.79 Å². The van der Waals surface area contributed by atoms with Crippen molar-refractivity contribution in [2.75, 3.05) is 5.73 Å². The third-order valence-corrected chi connectivity index (χ3v) is 3.37. The third kappa shape index (κ3) is 2.76. The first-order valence-electron chi connectivity index (χ1n) is 5.93. The van der Waals surface area contributed by atoms with Crippen molar-refractivity contribution in [2.24, 2.45) is 0 Å². The standard InChI is InChI=1S/C15H15ClN2O/c1-15(2,10-4-3-5-11(16)8-10)14(19)13-7-6-12(17)9-18-13/h3-9H,17H2,1-2H3. The highest BCUT2D eigenvalue weighted by Crippen LogP contribution is 2.29. The summed E-state index contributed by atoms with van der Waals surface area (Å²) in [7, 11) is 0. The van der Waals surface area contributed by atoms with Gasteiger partial charge in [0.2, 0.25) is 0 Å². The van der Waals surface area contributed by atoms with E-state index in [4.69, 9.17) is 17.3 Å². The average molecular weight is 275 g/mol. The molecule has 4 heteroatoms. The molecule has 0 saturated carbocycles. The fraction of sp³-hybridized carbons (Fsp3) is 0.200. The van der Waals surface area contributed by atoms with Gasteiger partial charge < -0.3 is 5.73 Å². The minimum absolute atomic E-state index is 0.0604. The summed E-state index contributed by atoms with van der Waals surface area (Å²) < 4.78 is 0. The number of hydrogen-bond acceptors (Lipinski definition) is 3.